The van der Waals surface area contributed by atoms with Gasteiger partial charge in [0.15, 0.2) is 43.5 Å². The molecule has 0 amide bonds. The molecule has 4 bridgehead atoms. The number of carbonyl (C=O) groups excluding carboxylic acids is 3. The molecule has 0 aromatic carbocycles. The van der Waals surface area contributed by atoms with Crippen molar-refractivity contribution in [3.8, 4) is 0 Å². The van der Waals surface area contributed by atoms with Crippen LogP contribution in [-0.2, 0) is 66.5 Å². The monoisotopic (exact) mass is 993 g/mol. The second-order valence-electron chi connectivity index (χ2n) is 20.1. The van der Waals surface area contributed by atoms with Crippen molar-refractivity contribution >= 4 is 17.9 Å². The first-order chi connectivity index (χ1) is 32.8. The number of carbonyl (C=O) groups is 3. The predicted octanol–water partition coefficient (Wildman–Crippen LogP) is 3.21. The smallest absolute Gasteiger partial charge is 0.309 e. The lowest BCUT2D eigenvalue weighted by molar-refractivity contribution is -0.383. The molecular weight excluding hydrogens is 909 g/mol. The van der Waals surface area contributed by atoms with Crippen LogP contribution in [0.4, 0.5) is 0 Å². The Labute approximate surface area is 407 Å². The van der Waals surface area contributed by atoms with Crippen LogP contribution in [0.5, 0.6) is 0 Å². The highest BCUT2D eigenvalue weighted by atomic mass is 16.8. The minimum absolute atomic E-state index is 0.0306. The van der Waals surface area contributed by atoms with Gasteiger partial charge in [-0.2, -0.15) is 0 Å². The lowest BCUT2D eigenvalue weighted by Crippen LogP contribution is -2.67. The number of hydrogen-bond acceptors (Lipinski definition) is 20. The number of ether oxygens (including phenoxy) is 11. The summed E-state index contributed by atoms with van der Waals surface area (Å²) in [5.41, 5.74) is 0. The molecule has 6 aliphatic rings. The van der Waals surface area contributed by atoms with Gasteiger partial charge in [0.1, 0.15) is 54.9 Å². The Balaban J connectivity index is 1.37. The molecule has 6 rings (SSSR count). The van der Waals surface area contributed by atoms with Gasteiger partial charge in [-0.3, -0.25) is 14.4 Å². The Kier molecular flexibility index (Phi) is 22.8. The molecule has 0 saturated carbocycles. The fourth-order valence-corrected chi connectivity index (χ4v) is 9.41. The van der Waals surface area contributed by atoms with E-state index in [1.165, 1.54) is 13.8 Å². The third-order valence-electron chi connectivity index (χ3n) is 14.1. The number of hydrogen-bond donors (Lipinski definition) is 6. The molecule has 20 heteroatoms. The highest BCUT2D eigenvalue weighted by Crippen LogP contribution is 2.37. The van der Waals surface area contributed by atoms with Crippen LogP contribution in [0.2, 0.25) is 0 Å². The summed E-state index contributed by atoms with van der Waals surface area (Å²) in [5.74, 6) is -3.07. The summed E-state index contributed by atoms with van der Waals surface area (Å²) in [6, 6.07) is 0. The van der Waals surface area contributed by atoms with Gasteiger partial charge in [-0.15, -0.1) is 0 Å². The van der Waals surface area contributed by atoms with Crippen molar-refractivity contribution in [3.63, 3.8) is 0 Å². The minimum Gasteiger partial charge on any atom is -0.457 e. The molecule has 22 atom stereocenters. The Hall–Kier alpha value is -2.15. The van der Waals surface area contributed by atoms with Gasteiger partial charge >= 0.3 is 17.9 Å². The maximum atomic E-state index is 13.6. The molecule has 0 unspecified atom stereocenters. The van der Waals surface area contributed by atoms with Crippen molar-refractivity contribution in [2.45, 2.75) is 281 Å². The number of fused-ring (bicyclic) bond motifs is 14. The van der Waals surface area contributed by atoms with Crippen LogP contribution in [-0.4, -0.2) is 177 Å². The van der Waals surface area contributed by atoms with Gasteiger partial charge in [-0.25, -0.2) is 0 Å². The summed E-state index contributed by atoms with van der Waals surface area (Å²) < 4.78 is 66.8. The van der Waals surface area contributed by atoms with Gasteiger partial charge in [0, 0.05) is 6.42 Å². The van der Waals surface area contributed by atoms with E-state index < -0.39 is 153 Å². The lowest BCUT2D eigenvalue weighted by atomic mass is 9.95. The number of rotatable bonds is 13. The van der Waals surface area contributed by atoms with Crippen molar-refractivity contribution in [2.75, 3.05) is 0 Å². The van der Waals surface area contributed by atoms with Gasteiger partial charge in [0.05, 0.1) is 42.4 Å². The van der Waals surface area contributed by atoms with Crippen LogP contribution in [0.25, 0.3) is 0 Å². The van der Waals surface area contributed by atoms with E-state index in [4.69, 9.17) is 52.1 Å². The zero-order chi connectivity index (χ0) is 50.7. The molecule has 69 heavy (non-hydrogen) atoms. The summed E-state index contributed by atoms with van der Waals surface area (Å²) >= 11 is 0. The number of esters is 3. The maximum absolute atomic E-state index is 13.6. The fourth-order valence-electron chi connectivity index (χ4n) is 9.41. The second-order valence-corrected chi connectivity index (χ2v) is 20.1. The molecule has 0 aromatic heterocycles. The summed E-state index contributed by atoms with van der Waals surface area (Å²) in [4.78, 5) is 39.4. The first kappa shape index (κ1) is 57.7. The van der Waals surface area contributed by atoms with Gasteiger partial charge in [0.25, 0.3) is 0 Å². The summed E-state index contributed by atoms with van der Waals surface area (Å²) in [7, 11) is 0. The zero-order valence-corrected chi connectivity index (χ0v) is 42.1. The largest absolute Gasteiger partial charge is 0.457 e. The first-order valence-corrected chi connectivity index (χ1v) is 25.7. The van der Waals surface area contributed by atoms with E-state index in [0.29, 0.717) is 12.8 Å². The quantitative estimate of drug-likeness (QED) is 0.0878. The average Bonchev–Trinajstić information content (AvgIpc) is 3.30. The molecule has 6 fully saturated rings. The van der Waals surface area contributed by atoms with Crippen LogP contribution in [0, 0.1) is 11.8 Å². The normalized spacial score (nSPS) is 42.7. The molecule has 20 nitrogen and oxygen atoms in total. The molecular formula is C49H84O20. The van der Waals surface area contributed by atoms with Crippen LogP contribution in [0.3, 0.4) is 0 Å². The zero-order valence-electron chi connectivity index (χ0n) is 42.1. The molecule has 0 radical (unpaired) electrons. The fraction of sp³-hybridized carbons (Fsp3) is 0.939. The molecule has 0 aromatic rings. The van der Waals surface area contributed by atoms with Crippen molar-refractivity contribution in [3.05, 3.63) is 0 Å². The highest BCUT2D eigenvalue weighted by Gasteiger charge is 2.56. The van der Waals surface area contributed by atoms with Crippen LogP contribution in [0.15, 0.2) is 0 Å². The van der Waals surface area contributed by atoms with Crippen molar-refractivity contribution < 1.29 is 97.1 Å². The number of aliphatic hydroxyl groups is 6. The van der Waals surface area contributed by atoms with E-state index in [9.17, 15) is 45.0 Å². The van der Waals surface area contributed by atoms with Crippen LogP contribution >= 0.6 is 0 Å². The molecule has 6 aliphatic heterocycles. The standard InChI is InChI=1S/C49H84O20/c1-10-12-18-21-30-22-19-16-14-13-15-17-20-23-31(50)64-42-36(55)48(67-39-27(7)59-46(63-30)34(53)33(39)52)61-28(8)40(42)69-49-37(56)43(66-45(58)25(5)11-2)41(29(9)62-49)68-47-35(54)32(51)38(26(6)60-47)65-44(57)24(3)4/h24-30,32-43,46-49,51-56H,10-23H2,1-9H3/t25-,26-,27-,28-,29-,30-,32-,33-,34+,35+,36+,37+,38-,39-,40-,41-,42-,43-,46-,47-,48-,49-/m0/s1. The second kappa shape index (κ2) is 27.2. The Morgan fingerprint density at radius 1 is 0.565 bits per heavy atom. The summed E-state index contributed by atoms with van der Waals surface area (Å²) in [6.45, 7) is 15.1. The topological polar surface area (TPSA) is 274 Å². The number of aliphatic hydroxyl groups excluding tert-OH is 6. The van der Waals surface area contributed by atoms with Gasteiger partial charge in [0.2, 0.25) is 0 Å². The van der Waals surface area contributed by atoms with Gasteiger partial charge in [-0.05, 0) is 53.4 Å². The van der Waals surface area contributed by atoms with Gasteiger partial charge in [-0.1, -0.05) is 92.4 Å². The van der Waals surface area contributed by atoms with Crippen molar-refractivity contribution in [1.82, 2.24) is 0 Å². The highest BCUT2D eigenvalue weighted by molar-refractivity contribution is 5.72. The van der Waals surface area contributed by atoms with E-state index in [1.54, 1.807) is 41.5 Å². The van der Waals surface area contributed by atoms with Crippen LogP contribution in [0.1, 0.15) is 152 Å². The van der Waals surface area contributed by atoms with E-state index in [-0.39, 0.29) is 12.5 Å². The van der Waals surface area contributed by atoms with Gasteiger partial charge < -0.3 is 82.7 Å². The Morgan fingerprint density at radius 2 is 1.13 bits per heavy atom. The first-order valence-electron chi connectivity index (χ1n) is 25.7. The SMILES string of the molecule is CCCCC[C@H]1CCCCCCCCCC(=O)O[C@H]2[C@@H](O)[C@H](O[C@@H]3[C@@H](O)[C@@H](O)[C@H](O1)O[C@H]3C)O[C@@H](C)[C@@H]2O[C@@H]1O[C@@H](C)[C@H](O[C@@H]2O[C@@H](C)[C@H](OC(=O)C(C)C)[C@@H](O)[C@H]2O)[C@@H](OC(=O)[C@@H](C)CC)[C@H]1O. The van der Waals surface area contributed by atoms with E-state index >= 15 is 0 Å². The molecule has 0 spiro atoms. The average molecular weight is 993 g/mol. The van der Waals surface area contributed by atoms with Crippen molar-refractivity contribution in [2.24, 2.45) is 11.8 Å². The van der Waals surface area contributed by atoms with E-state index in [0.717, 1.165) is 70.6 Å². The molecule has 400 valence electrons. The Morgan fingerprint density at radius 3 is 1.78 bits per heavy atom. The number of unbranched alkanes of at least 4 members (excludes halogenated alkanes) is 2. The lowest BCUT2D eigenvalue weighted by Gasteiger charge is -2.49. The van der Waals surface area contributed by atoms with Crippen molar-refractivity contribution in [1.29, 1.82) is 0 Å². The predicted molar refractivity (Wildman–Crippen MR) is 243 cm³/mol. The molecule has 6 heterocycles. The van der Waals surface area contributed by atoms with E-state index in [1.807, 2.05) is 0 Å². The third kappa shape index (κ3) is 15.2. The summed E-state index contributed by atoms with van der Waals surface area (Å²) in [6.07, 6.45) is -17.1. The maximum Gasteiger partial charge on any atom is 0.309 e. The molecule has 6 N–H and O–H groups in total. The third-order valence-corrected chi connectivity index (χ3v) is 14.1. The Bertz CT molecular complexity index is 1570. The molecule has 6 saturated heterocycles. The molecule has 0 aliphatic carbocycles. The van der Waals surface area contributed by atoms with Crippen LogP contribution < -0.4 is 0 Å². The van der Waals surface area contributed by atoms with E-state index in [2.05, 4.69) is 6.92 Å². The minimum atomic E-state index is -1.81. The summed E-state index contributed by atoms with van der Waals surface area (Å²) in [5, 5.41) is 69.1.